The van der Waals surface area contributed by atoms with Crippen molar-refractivity contribution in [2.45, 2.75) is 13.0 Å². The molecule has 4 rings (SSSR count). The van der Waals surface area contributed by atoms with Gasteiger partial charge in [0, 0.05) is 15.8 Å². The third-order valence-electron chi connectivity index (χ3n) is 3.62. The number of benzene rings is 1. The molecule has 0 spiro atoms. The zero-order valence-electron chi connectivity index (χ0n) is 12.9. The summed E-state index contributed by atoms with van der Waals surface area (Å²) in [4.78, 5) is 31.4. The molecule has 126 valence electrons. The smallest absolute Gasteiger partial charge is 0.408 e. The number of rotatable bonds is 5. The molecule has 8 heteroatoms. The predicted molar refractivity (Wildman–Crippen MR) is 97.8 cm³/mol. The minimum absolute atomic E-state index is 0.0188. The first kappa shape index (κ1) is 15.8. The summed E-state index contributed by atoms with van der Waals surface area (Å²) in [6.45, 7) is 0.399. The van der Waals surface area contributed by atoms with Crippen LogP contribution in [0.5, 0.6) is 0 Å². The molecule has 0 radical (unpaired) electrons. The Morgan fingerprint density at radius 1 is 1.28 bits per heavy atom. The van der Waals surface area contributed by atoms with Crippen molar-refractivity contribution in [1.82, 2.24) is 15.3 Å². The van der Waals surface area contributed by atoms with Crippen molar-refractivity contribution in [2.24, 2.45) is 0 Å². The molecule has 0 fully saturated rings. The van der Waals surface area contributed by atoms with Crippen LogP contribution in [0.4, 0.5) is 0 Å². The van der Waals surface area contributed by atoms with Crippen molar-refractivity contribution in [1.29, 1.82) is 0 Å². The highest BCUT2D eigenvalue weighted by atomic mass is 32.1. The number of hydrogen-bond acceptors (Lipinski definition) is 6. The van der Waals surface area contributed by atoms with E-state index in [1.54, 1.807) is 23.5 Å². The zero-order chi connectivity index (χ0) is 17.2. The van der Waals surface area contributed by atoms with E-state index in [0.29, 0.717) is 24.1 Å². The maximum atomic E-state index is 11.9. The quantitative estimate of drug-likeness (QED) is 0.564. The molecule has 4 aromatic rings. The molecule has 3 aromatic heterocycles. The Morgan fingerprint density at radius 2 is 2.20 bits per heavy atom. The van der Waals surface area contributed by atoms with E-state index in [1.165, 1.54) is 11.3 Å². The number of amides is 1. The van der Waals surface area contributed by atoms with Gasteiger partial charge in [-0.3, -0.25) is 9.78 Å². The second-order valence-corrected chi connectivity index (χ2v) is 7.36. The number of H-pyrrole nitrogens is 1. The summed E-state index contributed by atoms with van der Waals surface area (Å²) in [6.07, 6.45) is 0.388. The van der Waals surface area contributed by atoms with Gasteiger partial charge in [-0.15, -0.1) is 22.7 Å². The van der Waals surface area contributed by atoms with Crippen LogP contribution in [-0.2, 0) is 17.8 Å². The maximum Gasteiger partial charge on any atom is 0.417 e. The third-order valence-corrected chi connectivity index (χ3v) is 5.35. The fourth-order valence-electron chi connectivity index (χ4n) is 2.44. The SMILES string of the molecule is O=C(Cc1cccs1)NCc1nc(-c2ccc3[nH]c(=O)oc3c2)cs1. The molecule has 2 N–H and O–H groups in total. The highest BCUT2D eigenvalue weighted by molar-refractivity contribution is 7.10. The van der Waals surface area contributed by atoms with Crippen LogP contribution < -0.4 is 11.1 Å². The van der Waals surface area contributed by atoms with Crippen LogP contribution in [0.2, 0.25) is 0 Å². The lowest BCUT2D eigenvalue weighted by Gasteiger charge is -2.01. The number of carbonyl (C=O) groups is 1. The number of aromatic amines is 1. The summed E-state index contributed by atoms with van der Waals surface area (Å²) in [5.41, 5.74) is 2.81. The van der Waals surface area contributed by atoms with Gasteiger partial charge in [-0.25, -0.2) is 9.78 Å². The van der Waals surface area contributed by atoms with Crippen LogP contribution in [0, 0.1) is 0 Å². The number of fused-ring (bicyclic) bond motifs is 1. The Kier molecular flexibility index (Phi) is 4.21. The van der Waals surface area contributed by atoms with Crippen molar-refractivity contribution in [2.75, 3.05) is 0 Å². The summed E-state index contributed by atoms with van der Waals surface area (Å²) < 4.78 is 5.07. The van der Waals surface area contributed by atoms with Crippen molar-refractivity contribution in [3.05, 3.63) is 61.5 Å². The van der Waals surface area contributed by atoms with E-state index in [0.717, 1.165) is 21.1 Å². The van der Waals surface area contributed by atoms with Crippen LogP contribution >= 0.6 is 22.7 Å². The lowest BCUT2D eigenvalue weighted by atomic mass is 10.1. The first-order chi connectivity index (χ1) is 12.2. The summed E-state index contributed by atoms with van der Waals surface area (Å²) in [6, 6.07) is 9.33. The van der Waals surface area contributed by atoms with Gasteiger partial charge in [0.05, 0.1) is 24.2 Å². The van der Waals surface area contributed by atoms with Crippen molar-refractivity contribution < 1.29 is 9.21 Å². The summed E-state index contributed by atoms with van der Waals surface area (Å²) in [7, 11) is 0. The van der Waals surface area contributed by atoms with Gasteiger partial charge in [-0.05, 0) is 23.6 Å². The molecule has 1 amide bonds. The molecule has 1 aromatic carbocycles. The van der Waals surface area contributed by atoms with Crippen molar-refractivity contribution in [3.8, 4) is 11.3 Å². The Bertz CT molecular complexity index is 1080. The summed E-state index contributed by atoms with van der Waals surface area (Å²) >= 11 is 3.05. The van der Waals surface area contributed by atoms with Gasteiger partial charge < -0.3 is 9.73 Å². The Morgan fingerprint density at radius 3 is 3.04 bits per heavy atom. The molecule has 0 aliphatic carbocycles. The zero-order valence-corrected chi connectivity index (χ0v) is 14.6. The van der Waals surface area contributed by atoms with Gasteiger partial charge in [-0.2, -0.15) is 0 Å². The molecule has 25 heavy (non-hydrogen) atoms. The van der Waals surface area contributed by atoms with Crippen LogP contribution in [0.1, 0.15) is 9.88 Å². The van der Waals surface area contributed by atoms with Crippen molar-refractivity contribution >= 4 is 39.7 Å². The molecule has 0 aliphatic rings. The van der Waals surface area contributed by atoms with E-state index in [2.05, 4.69) is 15.3 Å². The van der Waals surface area contributed by atoms with Crippen LogP contribution in [0.3, 0.4) is 0 Å². The number of nitrogens with one attached hydrogen (secondary N) is 2. The first-order valence-electron chi connectivity index (χ1n) is 7.54. The molecular weight excluding hydrogens is 358 g/mol. The number of oxazole rings is 1. The molecule has 0 saturated heterocycles. The monoisotopic (exact) mass is 371 g/mol. The largest absolute Gasteiger partial charge is 0.417 e. The highest BCUT2D eigenvalue weighted by Gasteiger charge is 2.09. The van der Waals surface area contributed by atoms with Gasteiger partial charge in [0.15, 0.2) is 5.58 Å². The Labute approximate surface area is 150 Å². The molecule has 0 aliphatic heterocycles. The maximum absolute atomic E-state index is 11.9. The molecule has 0 atom stereocenters. The second kappa shape index (κ2) is 6.66. The normalized spacial score (nSPS) is 11.0. The van der Waals surface area contributed by atoms with E-state index in [4.69, 9.17) is 4.42 Å². The highest BCUT2D eigenvalue weighted by Crippen LogP contribution is 2.24. The van der Waals surface area contributed by atoms with E-state index >= 15 is 0 Å². The molecular formula is C17H13N3O3S2. The lowest BCUT2D eigenvalue weighted by Crippen LogP contribution is -2.24. The summed E-state index contributed by atoms with van der Waals surface area (Å²) in [5.74, 6) is -0.491. The molecule has 3 heterocycles. The molecule has 0 saturated carbocycles. The van der Waals surface area contributed by atoms with Crippen molar-refractivity contribution in [3.63, 3.8) is 0 Å². The third kappa shape index (κ3) is 3.54. The number of thiophene rings is 1. The van der Waals surface area contributed by atoms with E-state index < -0.39 is 5.76 Å². The minimum atomic E-state index is -0.473. The average molecular weight is 371 g/mol. The Balaban J connectivity index is 1.44. The van der Waals surface area contributed by atoms with E-state index in [1.807, 2.05) is 29.0 Å². The number of carbonyl (C=O) groups excluding carboxylic acids is 1. The summed E-state index contributed by atoms with van der Waals surface area (Å²) in [5, 5.41) is 7.59. The number of nitrogens with zero attached hydrogens (tertiary/aromatic N) is 1. The molecule has 0 bridgehead atoms. The van der Waals surface area contributed by atoms with Crippen LogP contribution in [-0.4, -0.2) is 15.9 Å². The standard InChI is InChI=1S/C17H13N3O3S2/c21-15(7-11-2-1-5-24-11)18-8-16-19-13(9-25-16)10-3-4-12-14(6-10)23-17(22)20-12/h1-6,9H,7-8H2,(H,18,21)(H,20,22). The number of thiazole rings is 1. The fraction of sp³-hybridized carbons (Fsp3) is 0.118. The van der Waals surface area contributed by atoms with Gasteiger partial charge in [0.25, 0.3) is 0 Å². The minimum Gasteiger partial charge on any atom is -0.408 e. The average Bonchev–Trinajstić information content (AvgIpc) is 3.32. The lowest BCUT2D eigenvalue weighted by molar-refractivity contribution is -0.120. The molecule has 0 unspecified atom stereocenters. The van der Waals surface area contributed by atoms with E-state index in [9.17, 15) is 9.59 Å². The van der Waals surface area contributed by atoms with Crippen LogP contribution in [0.25, 0.3) is 22.4 Å². The van der Waals surface area contributed by atoms with Gasteiger partial charge in [0.1, 0.15) is 5.01 Å². The first-order valence-corrected chi connectivity index (χ1v) is 9.30. The van der Waals surface area contributed by atoms with Gasteiger partial charge >= 0.3 is 5.76 Å². The topological polar surface area (TPSA) is 88.0 Å². The van der Waals surface area contributed by atoms with Gasteiger partial charge in [-0.1, -0.05) is 12.1 Å². The number of aromatic nitrogens is 2. The predicted octanol–water partition coefficient (Wildman–Crippen LogP) is 3.17. The fourth-order valence-corrected chi connectivity index (χ4v) is 3.88. The van der Waals surface area contributed by atoms with Gasteiger partial charge in [0.2, 0.25) is 5.91 Å². The Hall–Kier alpha value is -2.71. The number of hydrogen-bond donors (Lipinski definition) is 2. The van der Waals surface area contributed by atoms with Crippen LogP contribution in [0.15, 0.2) is 50.3 Å². The second-order valence-electron chi connectivity index (χ2n) is 5.38. The van der Waals surface area contributed by atoms with E-state index in [-0.39, 0.29) is 5.91 Å². The molecule has 6 nitrogen and oxygen atoms in total.